The van der Waals surface area contributed by atoms with E-state index >= 15 is 0 Å². The van der Waals surface area contributed by atoms with Crippen LogP contribution < -0.4 is 0 Å². The molecule has 0 saturated carbocycles. The van der Waals surface area contributed by atoms with Crippen LogP contribution in [0.15, 0.2) is 83.9 Å². The van der Waals surface area contributed by atoms with E-state index in [1.807, 2.05) is 24.3 Å². The van der Waals surface area contributed by atoms with Gasteiger partial charge in [-0.2, -0.15) is 21.0 Å². The molecule has 0 aromatic heterocycles. The Hall–Kier alpha value is -6.22. The van der Waals surface area contributed by atoms with Gasteiger partial charge in [0.15, 0.2) is 0 Å². The van der Waals surface area contributed by atoms with Crippen LogP contribution in [-0.2, 0) is 0 Å². The third kappa shape index (κ3) is 3.96. The zero-order valence-electron chi connectivity index (χ0n) is 21.2. The molecule has 0 atom stereocenters. The molecule has 0 N–H and O–H groups in total. The monoisotopic (exact) mass is 552 g/mol. The van der Waals surface area contributed by atoms with Gasteiger partial charge in [-0.3, -0.25) is 0 Å². The summed E-state index contributed by atoms with van der Waals surface area (Å²) >= 11 is 0. The minimum absolute atomic E-state index is 0.232. The van der Waals surface area contributed by atoms with E-state index in [-0.39, 0.29) is 33.4 Å². The fourth-order valence-electron chi connectivity index (χ4n) is 5.59. The maximum atomic E-state index is 14.0. The lowest BCUT2D eigenvalue weighted by Gasteiger charge is -2.15. The van der Waals surface area contributed by atoms with Crippen molar-refractivity contribution in [2.75, 3.05) is 0 Å². The van der Waals surface area contributed by atoms with Gasteiger partial charge in [0.25, 0.3) is 0 Å². The molecule has 8 heteroatoms. The first-order valence-corrected chi connectivity index (χ1v) is 12.3. The maximum Gasteiger partial charge on any atom is 0.138 e. The number of hydrogen-bond donors (Lipinski definition) is 0. The van der Waals surface area contributed by atoms with E-state index in [4.69, 9.17) is 0 Å². The van der Waals surface area contributed by atoms with Gasteiger partial charge < -0.3 is 0 Å². The van der Waals surface area contributed by atoms with Crippen molar-refractivity contribution in [3.63, 3.8) is 0 Å². The lowest BCUT2D eigenvalue weighted by Crippen LogP contribution is -1.97. The fourth-order valence-corrected chi connectivity index (χ4v) is 5.59. The summed E-state index contributed by atoms with van der Waals surface area (Å²) in [5, 5.41) is 39.6. The highest BCUT2D eigenvalue weighted by atomic mass is 19.1. The Morgan fingerprint density at radius 1 is 0.405 bits per heavy atom. The molecule has 0 unspecified atom stereocenters. The summed E-state index contributed by atoms with van der Waals surface area (Å²) in [5.74, 6) is -3.12. The summed E-state index contributed by atoms with van der Waals surface area (Å²) in [5.41, 5.74) is 3.94. The van der Waals surface area contributed by atoms with Crippen LogP contribution in [0.1, 0.15) is 22.3 Å². The maximum absolute atomic E-state index is 14.0. The highest BCUT2D eigenvalue weighted by molar-refractivity contribution is 6.38. The molecule has 0 bridgehead atoms. The van der Waals surface area contributed by atoms with Gasteiger partial charge in [-0.25, -0.2) is 17.6 Å². The van der Waals surface area contributed by atoms with E-state index < -0.39 is 23.3 Å². The Kier molecular flexibility index (Phi) is 6.05. The van der Waals surface area contributed by atoms with E-state index in [1.165, 1.54) is 0 Å². The van der Waals surface area contributed by atoms with Crippen molar-refractivity contribution in [2.45, 2.75) is 0 Å². The smallest absolute Gasteiger partial charge is 0.138 e. The van der Waals surface area contributed by atoms with Gasteiger partial charge in [0.1, 0.15) is 58.7 Å². The van der Waals surface area contributed by atoms with E-state index in [1.54, 1.807) is 36.4 Å². The number of nitrogens with zero attached hydrogens (tertiary/aromatic N) is 4. The van der Waals surface area contributed by atoms with Crippen molar-refractivity contribution >= 4 is 22.3 Å². The van der Waals surface area contributed by atoms with E-state index in [9.17, 15) is 38.6 Å². The summed E-state index contributed by atoms with van der Waals surface area (Å²) in [6.07, 6.45) is 0. The van der Waals surface area contributed by atoms with Crippen molar-refractivity contribution in [2.24, 2.45) is 0 Å². The predicted molar refractivity (Wildman–Crippen MR) is 147 cm³/mol. The average Bonchev–Trinajstić information content (AvgIpc) is 3.46. The van der Waals surface area contributed by atoms with Crippen molar-refractivity contribution in [3.05, 3.63) is 129 Å². The molecule has 4 aromatic rings. The molecular formula is C34H12F4N4. The van der Waals surface area contributed by atoms with Crippen LogP contribution in [0.2, 0.25) is 0 Å². The van der Waals surface area contributed by atoms with E-state index in [0.29, 0.717) is 44.5 Å². The molecule has 196 valence electrons. The molecule has 0 radical (unpaired) electrons. The minimum Gasteiger partial charge on any atom is -0.207 e. The van der Waals surface area contributed by atoms with Crippen molar-refractivity contribution in [1.82, 2.24) is 0 Å². The molecule has 0 amide bonds. The van der Waals surface area contributed by atoms with Crippen LogP contribution in [0.25, 0.3) is 44.5 Å². The number of allylic oxidation sites excluding steroid dienone is 6. The number of nitriles is 4. The topological polar surface area (TPSA) is 95.2 Å². The summed E-state index contributed by atoms with van der Waals surface area (Å²) in [7, 11) is 0. The third-order valence-electron chi connectivity index (χ3n) is 7.21. The lowest BCUT2D eigenvalue weighted by atomic mass is 9.87. The Morgan fingerprint density at radius 2 is 0.738 bits per heavy atom. The second kappa shape index (κ2) is 9.76. The van der Waals surface area contributed by atoms with Gasteiger partial charge in [0.05, 0.1) is 0 Å². The predicted octanol–water partition coefficient (Wildman–Crippen LogP) is 8.12. The van der Waals surface area contributed by atoms with Gasteiger partial charge in [0.2, 0.25) is 0 Å². The summed E-state index contributed by atoms with van der Waals surface area (Å²) < 4.78 is 56.1. The summed E-state index contributed by atoms with van der Waals surface area (Å²) in [6.45, 7) is 0. The molecule has 2 aliphatic rings. The molecular weight excluding hydrogens is 540 g/mol. The van der Waals surface area contributed by atoms with Gasteiger partial charge in [-0.1, -0.05) is 24.3 Å². The SMILES string of the molecule is N#CC(C#N)=C1C2=C(C(=C(C#N)C#N)c3cc(-c4cc(F)cc(F)c4)ccc32)c2ccc(-c3cc(F)cc(F)c3)cc21. The van der Waals surface area contributed by atoms with Crippen LogP contribution in [0.3, 0.4) is 0 Å². The van der Waals surface area contributed by atoms with Gasteiger partial charge in [-0.05, 0) is 80.9 Å². The molecule has 0 spiro atoms. The summed E-state index contributed by atoms with van der Waals surface area (Å²) in [6, 6.07) is 23.5. The number of fused-ring (bicyclic) bond motifs is 4. The van der Waals surface area contributed by atoms with Gasteiger partial charge in [-0.15, -0.1) is 0 Å². The number of halogens is 4. The van der Waals surface area contributed by atoms with E-state index in [0.717, 1.165) is 36.4 Å². The average molecular weight is 552 g/mol. The third-order valence-corrected chi connectivity index (χ3v) is 7.21. The second-order valence-electron chi connectivity index (χ2n) is 9.53. The molecule has 6 rings (SSSR count). The molecule has 0 heterocycles. The van der Waals surface area contributed by atoms with Gasteiger partial charge in [0, 0.05) is 34.4 Å². The molecule has 0 fully saturated rings. The molecule has 42 heavy (non-hydrogen) atoms. The summed E-state index contributed by atoms with van der Waals surface area (Å²) in [4.78, 5) is 0. The quantitative estimate of drug-likeness (QED) is 0.185. The zero-order chi connectivity index (χ0) is 29.7. The van der Waals surface area contributed by atoms with Crippen LogP contribution in [-0.4, -0.2) is 0 Å². The Balaban J connectivity index is 1.65. The molecule has 4 aromatic carbocycles. The lowest BCUT2D eigenvalue weighted by molar-refractivity contribution is 0.583. The molecule has 2 aliphatic carbocycles. The van der Waals surface area contributed by atoms with Crippen LogP contribution in [0.5, 0.6) is 0 Å². The Bertz CT molecular complexity index is 1950. The number of rotatable bonds is 2. The number of hydrogen-bond acceptors (Lipinski definition) is 4. The van der Waals surface area contributed by atoms with Crippen LogP contribution >= 0.6 is 0 Å². The highest BCUT2D eigenvalue weighted by Gasteiger charge is 2.40. The second-order valence-corrected chi connectivity index (χ2v) is 9.53. The molecule has 0 saturated heterocycles. The first kappa shape index (κ1) is 26.0. The first-order valence-electron chi connectivity index (χ1n) is 12.3. The normalized spacial score (nSPS) is 12.5. The van der Waals surface area contributed by atoms with Gasteiger partial charge >= 0.3 is 0 Å². The largest absolute Gasteiger partial charge is 0.207 e. The molecule has 0 aliphatic heterocycles. The Labute approximate surface area is 236 Å². The standard InChI is InChI=1S/C34H12F4N4/c35-23-5-19(6-24(36)11-23)17-1-3-27-29(9-17)31(21(13-39)14-40)34-28-4-2-18(20-7-25(37)12-26(38)8-20)10-30(28)32(33(27)34)22(15-41)16-42/h1-12H. The first-order chi connectivity index (χ1) is 20.3. The van der Waals surface area contributed by atoms with Crippen molar-refractivity contribution in [1.29, 1.82) is 21.0 Å². The van der Waals surface area contributed by atoms with Crippen molar-refractivity contribution in [3.8, 4) is 46.5 Å². The van der Waals surface area contributed by atoms with Crippen LogP contribution in [0.4, 0.5) is 17.6 Å². The fraction of sp³-hybridized carbons (Fsp3) is 0. The highest BCUT2D eigenvalue weighted by Crippen LogP contribution is 2.59. The Morgan fingerprint density at radius 3 is 1.05 bits per heavy atom. The van der Waals surface area contributed by atoms with Crippen LogP contribution in [0, 0.1) is 68.6 Å². The number of benzene rings is 4. The minimum atomic E-state index is -0.780. The van der Waals surface area contributed by atoms with E-state index in [2.05, 4.69) is 0 Å². The van der Waals surface area contributed by atoms with Crippen molar-refractivity contribution < 1.29 is 17.6 Å². The zero-order valence-corrected chi connectivity index (χ0v) is 21.2. The molecule has 4 nitrogen and oxygen atoms in total.